The molecule has 3 heteroatoms. The number of nitrogens with one attached hydrogen (secondary N) is 1. The monoisotopic (exact) mass is 207 g/mol. The van der Waals surface area contributed by atoms with Gasteiger partial charge in [0.2, 0.25) is 0 Å². The van der Waals surface area contributed by atoms with E-state index < -0.39 is 0 Å². The Balaban J connectivity index is 1.84. The standard InChI is InChI=1S/C12H21N3/c1-10-11(2)15(9-14-10)8-5-12-3-6-13-7-4-12/h9,12-13H,3-8H2,1-2H3. The van der Waals surface area contributed by atoms with Crippen molar-refractivity contribution in [3.8, 4) is 0 Å². The first kappa shape index (κ1) is 10.7. The Bertz CT molecular complexity index is 311. The number of hydrogen-bond acceptors (Lipinski definition) is 2. The SMILES string of the molecule is Cc1ncn(CCC2CCNCC2)c1C. The Hall–Kier alpha value is -0.830. The van der Waals surface area contributed by atoms with Crippen LogP contribution in [0.15, 0.2) is 6.33 Å². The van der Waals surface area contributed by atoms with E-state index in [1.54, 1.807) is 0 Å². The normalized spacial score (nSPS) is 18.3. The molecule has 1 aliphatic heterocycles. The van der Waals surface area contributed by atoms with E-state index in [1.165, 1.54) is 43.7 Å². The van der Waals surface area contributed by atoms with Crippen LogP contribution in [-0.4, -0.2) is 22.6 Å². The Morgan fingerprint density at radius 3 is 2.73 bits per heavy atom. The van der Waals surface area contributed by atoms with Crippen molar-refractivity contribution in [2.75, 3.05) is 13.1 Å². The summed E-state index contributed by atoms with van der Waals surface area (Å²) in [5.74, 6) is 0.911. The van der Waals surface area contributed by atoms with Gasteiger partial charge in [0.25, 0.3) is 0 Å². The van der Waals surface area contributed by atoms with E-state index in [9.17, 15) is 0 Å². The van der Waals surface area contributed by atoms with Crippen LogP contribution in [0.25, 0.3) is 0 Å². The molecule has 0 amide bonds. The first-order valence-corrected chi connectivity index (χ1v) is 5.96. The number of aryl methyl sites for hydroxylation is 2. The van der Waals surface area contributed by atoms with Gasteiger partial charge >= 0.3 is 0 Å². The topological polar surface area (TPSA) is 29.9 Å². The number of aromatic nitrogens is 2. The van der Waals surface area contributed by atoms with Crippen LogP contribution >= 0.6 is 0 Å². The van der Waals surface area contributed by atoms with Gasteiger partial charge < -0.3 is 9.88 Å². The highest BCUT2D eigenvalue weighted by Gasteiger charge is 2.13. The van der Waals surface area contributed by atoms with Crippen LogP contribution < -0.4 is 5.32 Å². The molecule has 0 unspecified atom stereocenters. The minimum atomic E-state index is 0.911. The Morgan fingerprint density at radius 2 is 2.13 bits per heavy atom. The molecule has 15 heavy (non-hydrogen) atoms. The van der Waals surface area contributed by atoms with Gasteiger partial charge in [-0.1, -0.05) is 0 Å². The van der Waals surface area contributed by atoms with Crippen LogP contribution in [0.1, 0.15) is 30.7 Å². The molecular formula is C12H21N3. The molecule has 0 spiro atoms. The number of rotatable bonds is 3. The van der Waals surface area contributed by atoms with Crippen molar-refractivity contribution in [2.45, 2.75) is 39.7 Å². The maximum absolute atomic E-state index is 4.33. The Labute approximate surface area is 91.9 Å². The molecule has 1 aromatic heterocycles. The van der Waals surface area contributed by atoms with Gasteiger partial charge in [0.05, 0.1) is 12.0 Å². The summed E-state index contributed by atoms with van der Waals surface area (Å²) >= 11 is 0. The number of hydrogen-bond donors (Lipinski definition) is 1. The van der Waals surface area contributed by atoms with Gasteiger partial charge in [0, 0.05) is 12.2 Å². The van der Waals surface area contributed by atoms with E-state index in [0.29, 0.717) is 0 Å². The molecule has 2 rings (SSSR count). The second-order valence-corrected chi connectivity index (χ2v) is 4.59. The molecule has 0 bridgehead atoms. The van der Waals surface area contributed by atoms with Gasteiger partial charge in [0.15, 0.2) is 0 Å². The summed E-state index contributed by atoms with van der Waals surface area (Å²) in [4.78, 5) is 4.33. The highest BCUT2D eigenvalue weighted by molar-refractivity contribution is 5.08. The summed E-state index contributed by atoms with van der Waals surface area (Å²) in [5.41, 5.74) is 2.49. The third-order valence-corrected chi connectivity index (χ3v) is 3.58. The lowest BCUT2D eigenvalue weighted by molar-refractivity contribution is 0.337. The van der Waals surface area contributed by atoms with E-state index >= 15 is 0 Å². The average Bonchev–Trinajstić information content (AvgIpc) is 2.59. The van der Waals surface area contributed by atoms with Gasteiger partial charge in [-0.25, -0.2) is 4.98 Å². The number of imidazole rings is 1. The minimum absolute atomic E-state index is 0.911. The second-order valence-electron chi connectivity index (χ2n) is 4.59. The zero-order valence-corrected chi connectivity index (χ0v) is 9.79. The van der Waals surface area contributed by atoms with Crippen molar-refractivity contribution in [1.82, 2.24) is 14.9 Å². The maximum Gasteiger partial charge on any atom is 0.0951 e. The molecule has 1 fully saturated rings. The van der Waals surface area contributed by atoms with Crippen molar-refractivity contribution in [1.29, 1.82) is 0 Å². The first-order valence-electron chi connectivity index (χ1n) is 5.96. The average molecular weight is 207 g/mol. The largest absolute Gasteiger partial charge is 0.335 e. The highest BCUT2D eigenvalue weighted by Crippen LogP contribution is 2.17. The quantitative estimate of drug-likeness (QED) is 0.820. The predicted molar refractivity (Wildman–Crippen MR) is 61.9 cm³/mol. The third kappa shape index (κ3) is 2.59. The van der Waals surface area contributed by atoms with Gasteiger partial charge in [-0.3, -0.25) is 0 Å². The van der Waals surface area contributed by atoms with Gasteiger partial charge in [-0.05, 0) is 52.1 Å². The molecule has 1 aromatic rings. The molecular weight excluding hydrogens is 186 g/mol. The lowest BCUT2D eigenvalue weighted by Crippen LogP contribution is -2.28. The minimum Gasteiger partial charge on any atom is -0.335 e. The Morgan fingerprint density at radius 1 is 1.40 bits per heavy atom. The first-order chi connectivity index (χ1) is 7.27. The zero-order valence-electron chi connectivity index (χ0n) is 9.79. The summed E-state index contributed by atoms with van der Waals surface area (Å²) in [6.45, 7) is 7.78. The molecule has 1 N–H and O–H groups in total. The van der Waals surface area contributed by atoms with Gasteiger partial charge in [-0.2, -0.15) is 0 Å². The van der Waals surface area contributed by atoms with Gasteiger partial charge in [0.1, 0.15) is 0 Å². The predicted octanol–water partition coefficient (Wildman–Crippen LogP) is 1.89. The maximum atomic E-state index is 4.33. The number of nitrogens with zero attached hydrogens (tertiary/aromatic N) is 2. The number of piperidine rings is 1. The molecule has 3 nitrogen and oxygen atoms in total. The third-order valence-electron chi connectivity index (χ3n) is 3.58. The summed E-state index contributed by atoms with van der Waals surface area (Å²) in [6, 6.07) is 0. The lowest BCUT2D eigenvalue weighted by atomic mass is 9.95. The fourth-order valence-corrected chi connectivity index (χ4v) is 2.26. The van der Waals surface area contributed by atoms with Gasteiger partial charge in [-0.15, -0.1) is 0 Å². The zero-order chi connectivity index (χ0) is 10.7. The van der Waals surface area contributed by atoms with Crippen molar-refractivity contribution in [2.24, 2.45) is 5.92 Å². The molecule has 1 aliphatic rings. The second kappa shape index (κ2) is 4.79. The molecule has 1 saturated heterocycles. The van der Waals surface area contributed by atoms with Crippen LogP contribution in [0.5, 0.6) is 0 Å². The van der Waals surface area contributed by atoms with E-state index in [-0.39, 0.29) is 0 Å². The van der Waals surface area contributed by atoms with Crippen LogP contribution in [-0.2, 0) is 6.54 Å². The van der Waals surface area contributed by atoms with Crippen molar-refractivity contribution >= 4 is 0 Å². The summed E-state index contributed by atoms with van der Waals surface area (Å²) in [5, 5.41) is 3.41. The molecule has 0 atom stereocenters. The molecule has 84 valence electrons. The molecule has 0 aromatic carbocycles. The van der Waals surface area contributed by atoms with Crippen LogP contribution in [0.4, 0.5) is 0 Å². The van der Waals surface area contributed by atoms with Crippen LogP contribution in [0, 0.1) is 19.8 Å². The highest BCUT2D eigenvalue weighted by atomic mass is 15.0. The summed E-state index contributed by atoms with van der Waals surface area (Å²) in [6.07, 6.45) is 5.96. The lowest BCUT2D eigenvalue weighted by Gasteiger charge is -2.22. The molecule has 0 saturated carbocycles. The van der Waals surface area contributed by atoms with Crippen molar-refractivity contribution in [3.63, 3.8) is 0 Å². The fraction of sp³-hybridized carbons (Fsp3) is 0.750. The van der Waals surface area contributed by atoms with E-state index in [0.717, 1.165) is 12.5 Å². The van der Waals surface area contributed by atoms with Crippen molar-refractivity contribution < 1.29 is 0 Å². The van der Waals surface area contributed by atoms with Crippen LogP contribution in [0.3, 0.4) is 0 Å². The smallest absolute Gasteiger partial charge is 0.0951 e. The molecule has 2 heterocycles. The molecule has 0 aliphatic carbocycles. The van der Waals surface area contributed by atoms with Crippen LogP contribution in [0.2, 0.25) is 0 Å². The van der Waals surface area contributed by atoms with E-state index in [4.69, 9.17) is 0 Å². The Kier molecular flexibility index (Phi) is 3.41. The summed E-state index contributed by atoms with van der Waals surface area (Å²) < 4.78 is 2.29. The van der Waals surface area contributed by atoms with E-state index in [1.807, 2.05) is 6.33 Å². The fourth-order valence-electron chi connectivity index (χ4n) is 2.26. The molecule has 0 radical (unpaired) electrons. The summed E-state index contributed by atoms with van der Waals surface area (Å²) in [7, 11) is 0. The van der Waals surface area contributed by atoms with E-state index in [2.05, 4.69) is 28.7 Å². The van der Waals surface area contributed by atoms with Crippen molar-refractivity contribution in [3.05, 3.63) is 17.7 Å².